The maximum atomic E-state index is 12.8. The standard InChI is InChI=1S/C30H48O6/c1-16-9-12-30(25(35)36)14-13-27(4)18(21(30)17(16)2)7-8-20-28(27,5)11-10-19-26(3,15-31)23(33)22(32)24(34)29(19,20)6/h7,16-17,19-24,31-34H,8-15H2,1-6H3,(H,35,36)/t16-,17+,19-,20-,21+,22+,23-,24-,26-,27-,28-,29+,30+/m1/s1. The molecule has 0 unspecified atom stereocenters. The van der Waals surface area contributed by atoms with Gasteiger partial charge in [-0.1, -0.05) is 53.2 Å². The van der Waals surface area contributed by atoms with Crippen molar-refractivity contribution in [3.05, 3.63) is 11.6 Å². The molecule has 5 rings (SSSR count). The van der Waals surface area contributed by atoms with Crippen molar-refractivity contribution >= 4 is 5.97 Å². The van der Waals surface area contributed by atoms with Crippen molar-refractivity contribution < 1.29 is 30.3 Å². The number of carbonyl (C=O) groups is 1. The Morgan fingerprint density at radius 3 is 2.22 bits per heavy atom. The summed E-state index contributed by atoms with van der Waals surface area (Å²) in [6.07, 6.45) is 4.32. The highest BCUT2D eigenvalue weighted by molar-refractivity contribution is 5.76. The van der Waals surface area contributed by atoms with E-state index in [-0.39, 0.29) is 35.2 Å². The van der Waals surface area contributed by atoms with Crippen molar-refractivity contribution in [3.8, 4) is 0 Å². The normalized spacial score (nSPS) is 58.6. The number of hydrogen-bond acceptors (Lipinski definition) is 5. The van der Waals surface area contributed by atoms with Gasteiger partial charge >= 0.3 is 5.97 Å². The van der Waals surface area contributed by atoms with Crippen molar-refractivity contribution in [1.29, 1.82) is 0 Å². The van der Waals surface area contributed by atoms with Gasteiger partial charge in [-0.3, -0.25) is 4.79 Å². The van der Waals surface area contributed by atoms with Crippen LogP contribution < -0.4 is 0 Å². The summed E-state index contributed by atoms with van der Waals surface area (Å²) in [5.74, 6) is 0.0710. The third kappa shape index (κ3) is 2.85. The Kier molecular flexibility index (Phi) is 5.95. The van der Waals surface area contributed by atoms with E-state index in [2.05, 4.69) is 40.7 Å². The summed E-state index contributed by atoms with van der Waals surface area (Å²) < 4.78 is 0. The van der Waals surface area contributed by atoms with Crippen LogP contribution in [0.25, 0.3) is 0 Å². The van der Waals surface area contributed by atoms with Crippen molar-refractivity contribution in [2.24, 2.45) is 56.7 Å². The van der Waals surface area contributed by atoms with Crippen LogP contribution in [0.4, 0.5) is 0 Å². The molecule has 5 N–H and O–H groups in total. The number of carboxylic acid groups (broad SMARTS) is 1. The molecule has 0 aliphatic heterocycles. The molecule has 0 spiro atoms. The van der Waals surface area contributed by atoms with Crippen LogP contribution in [0.3, 0.4) is 0 Å². The number of carboxylic acids is 1. The molecule has 0 aromatic heterocycles. The highest BCUT2D eigenvalue weighted by Gasteiger charge is 2.72. The van der Waals surface area contributed by atoms with Crippen LogP contribution >= 0.6 is 0 Å². The molecule has 6 nitrogen and oxygen atoms in total. The molecule has 0 aromatic carbocycles. The Morgan fingerprint density at radius 2 is 1.61 bits per heavy atom. The molecular formula is C30H48O6. The van der Waals surface area contributed by atoms with Crippen molar-refractivity contribution in [2.75, 3.05) is 6.61 Å². The molecule has 4 fully saturated rings. The highest BCUT2D eigenvalue weighted by Crippen LogP contribution is 2.75. The summed E-state index contributed by atoms with van der Waals surface area (Å²) in [6.45, 7) is 12.9. The van der Waals surface area contributed by atoms with E-state index in [0.29, 0.717) is 18.3 Å². The second-order valence-corrected chi connectivity index (χ2v) is 14.5. The quantitative estimate of drug-likeness (QED) is 0.363. The third-order valence-electron chi connectivity index (χ3n) is 13.7. The lowest BCUT2D eigenvalue weighted by atomic mass is 9.32. The van der Waals surface area contributed by atoms with E-state index >= 15 is 0 Å². The summed E-state index contributed by atoms with van der Waals surface area (Å²) >= 11 is 0. The van der Waals surface area contributed by atoms with Gasteiger partial charge in [0, 0.05) is 10.8 Å². The third-order valence-corrected chi connectivity index (χ3v) is 13.7. The van der Waals surface area contributed by atoms with Crippen LogP contribution in [0, 0.1) is 56.7 Å². The largest absolute Gasteiger partial charge is 0.481 e. The minimum atomic E-state index is -1.31. The Balaban J connectivity index is 1.65. The van der Waals surface area contributed by atoms with Gasteiger partial charge in [0.1, 0.15) is 6.10 Å². The lowest BCUT2D eigenvalue weighted by molar-refractivity contribution is -0.287. The van der Waals surface area contributed by atoms with Crippen molar-refractivity contribution in [3.63, 3.8) is 0 Å². The van der Waals surface area contributed by atoms with Gasteiger partial charge in [0.15, 0.2) is 0 Å². The first-order valence-corrected chi connectivity index (χ1v) is 14.3. The number of aliphatic carboxylic acids is 1. The monoisotopic (exact) mass is 504 g/mol. The maximum Gasteiger partial charge on any atom is 0.310 e. The van der Waals surface area contributed by atoms with Crippen LogP contribution in [0.15, 0.2) is 11.6 Å². The topological polar surface area (TPSA) is 118 Å². The minimum Gasteiger partial charge on any atom is -0.481 e. The summed E-state index contributed by atoms with van der Waals surface area (Å²) in [6, 6.07) is 0. The van der Waals surface area contributed by atoms with Gasteiger partial charge < -0.3 is 25.5 Å². The number of aliphatic hydroxyl groups excluding tert-OH is 4. The van der Waals surface area contributed by atoms with Crippen molar-refractivity contribution in [2.45, 2.75) is 105 Å². The Bertz CT molecular complexity index is 963. The van der Waals surface area contributed by atoms with E-state index in [1.54, 1.807) is 0 Å². The first kappa shape index (κ1) is 26.6. The summed E-state index contributed by atoms with van der Waals surface area (Å²) in [5, 5.41) is 54.5. The van der Waals surface area contributed by atoms with E-state index in [1.165, 1.54) is 5.57 Å². The first-order chi connectivity index (χ1) is 16.7. The maximum absolute atomic E-state index is 12.8. The SMILES string of the molecule is C[C@H]1[C@H](C)CC[C@]2(C(=O)O)CC[C@]3(C)C(=CC[C@H]4[C@@]5(C)[C@H](O)[C@@H](O)[C@@H](O)[C@](C)(CO)[C@H]5CC[C@]43C)[C@H]12. The molecule has 0 amide bonds. The average Bonchev–Trinajstić information content (AvgIpc) is 2.84. The molecule has 0 saturated heterocycles. The average molecular weight is 505 g/mol. The van der Waals surface area contributed by atoms with Gasteiger partial charge in [-0.25, -0.2) is 0 Å². The number of fused-ring (bicyclic) bond motifs is 7. The van der Waals surface area contributed by atoms with Crippen LogP contribution in [0.2, 0.25) is 0 Å². The van der Waals surface area contributed by atoms with E-state index in [4.69, 9.17) is 0 Å². The molecular weight excluding hydrogens is 456 g/mol. The molecule has 0 aromatic rings. The Labute approximate surface area is 216 Å². The highest BCUT2D eigenvalue weighted by atomic mass is 16.4. The molecule has 0 heterocycles. The van der Waals surface area contributed by atoms with Gasteiger partial charge in [0.05, 0.1) is 24.2 Å². The molecule has 13 atom stereocenters. The zero-order valence-electron chi connectivity index (χ0n) is 23.0. The van der Waals surface area contributed by atoms with Crippen LogP contribution in [0.1, 0.15) is 86.5 Å². The second kappa shape index (κ2) is 8.03. The smallest absolute Gasteiger partial charge is 0.310 e. The lowest BCUT2D eigenvalue weighted by Gasteiger charge is -2.72. The van der Waals surface area contributed by atoms with E-state index < -0.39 is 40.5 Å². The molecule has 0 bridgehead atoms. The number of aliphatic hydroxyl groups is 4. The molecule has 204 valence electrons. The molecule has 4 saturated carbocycles. The number of hydrogen-bond donors (Lipinski definition) is 5. The zero-order chi connectivity index (χ0) is 26.6. The minimum absolute atomic E-state index is 0.0206. The summed E-state index contributed by atoms with van der Waals surface area (Å²) in [4.78, 5) is 12.8. The number of allylic oxidation sites excluding steroid dienone is 2. The number of rotatable bonds is 2. The van der Waals surface area contributed by atoms with Gasteiger partial charge in [-0.15, -0.1) is 0 Å². The van der Waals surface area contributed by atoms with Crippen LogP contribution in [-0.4, -0.2) is 56.4 Å². The van der Waals surface area contributed by atoms with E-state index in [1.807, 2.05) is 6.92 Å². The zero-order valence-corrected chi connectivity index (χ0v) is 23.0. The fraction of sp³-hybridized carbons (Fsp3) is 0.900. The first-order valence-electron chi connectivity index (χ1n) is 14.3. The molecule has 6 heteroatoms. The molecule has 0 radical (unpaired) electrons. The van der Waals surface area contributed by atoms with E-state index in [0.717, 1.165) is 38.5 Å². The van der Waals surface area contributed by atoms with Crippen LogP contribution in [-0.2, 0) is 4.79 Å². The fourth-order valence-electron chi connectivity index (χ4n) is 10.9. The van der Waals surface area contributed by atoms with Gasteiger partial charge in [0.25, 0.3) is 0 Å². The van der Waals surface area contributed by atoms with Crippen molar-refractivity contribution in [1.82, 2.24) is 0 Å². The Morgan fingerprint density at radius 1 is 0.944 bits per heavy atom. The summed E-state index contributed by atoms with van der Waals surface area (Å²) in [5.41, 5.74) is -1.32. The van der Waals surface area contributed by atoms with Gasteiger partial charge in [-0.2, -0.15) is 0 Å². The van der Waals surface area contributed by atoms with Crippen LogP contribution in [0.5, 0.6) is 0 Å². The Hall–Kier alpha value is -0.950. The summed E-state index contributed by atoms with van der Waals surface area (Å²) in [7, 11) is 0. The van der Waals surface area contributed by atoms with E-state index in [9.17, 15) is 30.3 Å². The molecule has 5 aliphatic rings. The fourth-order valence-corrected chi connectivity index (χ4v) is 10.9. The lowest BCUT2D eigenvalue weighted by Crippen LogP contribution is -2.73. The second-order valence-electron chi connectivity index (χ2n) is 14.5. The van der Waals surface area contributed by atoms with Gasteiger partial charge in [0.2, 0.25) is 0 Å². The molecule has 5 aliphatic carbocycles. The predicted octanol–water partition coefficient (Wildman–Crippen LogP) is 4.00. The molecule has 36 heavy (non-hydrogen) atoms. The van der Waals surface area contributed by atoms with Gasteiger partial charge in [-0.05, 0) is 85.4 Å². The predicted molar refractivity (Wildman–Crippen MR) is 137 cm³/mol.